The quantitative estimate of drug-likeness (QED) is 0.513. The number of nitrogens with one attached hydrogen (secondary N) is 3. The average Bonchev–Trinajstić information content (AvgIpc) is 3.13. The van der Waals surface area contributed by atoms with E-state index in [1.54, 1.807) is 36.0 Å². The molecule has 4 nitrogen and oxygen atoms in total. The number of halogens is 2. The van der Waals surface area contributed by atoms with Crippen LogP contribution in [-0.4, -0.2) is 24.7 Å². The van der Waals surface area contributed by atoms with Gasteiger partial charge in [0.2, 0.25) is 5.91 Å². The van der Waals surface area contributed by atoms with Crippen molar-refractivity contribution in [3.63, 3.8) is 0 Å². The molecule has 0 spiro atoms. The number of benzene rings is 2. The van der Waals surface area contributed by atoms with E-state index < -0.39 is 0 Å². The molecule has 2 unspecified atom stereocenters. The lowest BCUT2D eigenvalue weighted by molar-refractivity contribution is -0.124. The van der Waals surface area contributed by atoms with E-state index in [1.165, 1.54) is 24.3 Å². The minimum absolute atomic E-state index is 0.0244. The Bertz CT molecular complexity index is 725. The topological polar surface area (TPSA) is 53.2 Å². The van der Waals surface area contributed by atoms with Crippen molar-refractivity contribution in [1.82, 2.24) is 16.2 Å². The zero-order valence-corrected chi connectivity index (χ0v) is 15.0. The summed E-state index contributed by atoms with van der Waals surface area (Å²) >= 11 is 1.63. The lowest BCUT2D eigenvalue weighted by Gasteiger charge is -2.18. The van der Waals surface area contributed by atoms with E-state index in [1.807, 2.05) is 0 Å². The Hall–Kier alpha value is -1.96. The fourth-order valence-electron chi connectivity index (χ4n) is 2.86. The summed E-state index contributed by atoms with van der Waals surface area (Å²) in [6.07, 6.45) is 0.822. The monoisotopic (exact) mass is 377 g/mol. The molecular formula is C19H21F2N3OS. The van der Waals surface area contributed by atoms with Crippen molar-refractivity contribution in [2.45, 2.75) is 17.4 Å². The summed E-state index contributed by atoms with van der Waals surface area (Å²) in [5.41, 5.74) is 6.97. The molecule has 2 aromatic carbocycles. The highest BCUT2D eigenvalue weighted by molar-refractivity contribution is 7.99. The second kappa shape index (κ2) is 9.12. The number of hydrogen-bond acceptors (Lipinski definition) is 4. The smallest absolute Gasteiger partial charge is 0.226 e. The molecule has 26 heavy (non-hydrogen) atoms. The lowest BCUT2D eigenvalue weighted by Crippen LogP contribution is -2.35. The molecule has 0 saturated carbocycles. The Kier molecular flexibility index (Phi) is 6.60. The Morgan fingerprint density at radius 2 is 1.73 bits per heavy atom. The van der Waals surface area contributed by atoms with Gasteiger partial charge in [-0.15, -0.1) is 11.8 Å². The van der Waals surface area contributed by atoms with Crippen LogP contribution < -0.4 is 16.2 Å². The van der Waals surface area contributed by atoms with Crippen molar-refractivity contribution < 1.29 is 13.6 Å². The second-order valence-corrected chi connectivity index (χ2v) is 7.28. The highest BCUT2D eigenvalue weighted by Crippen LogP contribution is 2.25. The van der Waals surface area contributed by atoms with Gasteiger partial charge in [0.05, 0.1) is 12.0 Å². The van der Waals surface area contributed by atoms with Crippen LogP contribution >= 0.6 is 11.8 Å². The van der Waals surface area contributed by atoms with Crippen LogP contribution in [0.5, 0.6) is 0 Å². The van der Waals surface area contributed by atoms with E-state index in [9.17, 15) is 13.6 Å². The summed E-state index contributed by atoms with van der Waals surface area (Å²) < 4.78 is 25.9. The van der Waals surface area contributed by atoms with E-state index in [2.05, 4.69) is 16.2 Å². The number of hydrogen-bond donors (Lipinski definition) is 3. The van der Waals surface area contributed by atoms with Gasteiger partial charge in [-0.1, -0.05) is 12.1 Å². The maximum absolute atomic E-state index is 13.1. The zero-order chi connectivity index (χ0) is 18.4. The van der Waals surface area contributed by atoms with Crippen LogP contribution in [0.25, 0.3) is 0 Å². The fraction of sp³-hybridized carbons (Fsp3) is 0.316. The van der Waals surface area contributed by atoms with Crippen molar-refractivity contribution in [2.75, 3.05) is 18.8 Å². The van der Waals surface area contributed by atoms with Gasteiger partial charge in [0.1, 0.15) is 11.6 Å². The van der Waals surface area contributed by atoms with Gasteiger partial charge in [-0.3, -0.25) is 10.2 Å². The van der Waals surface area contributed by atoms with E-state index in [4.69, 9.17) is 0 Å². The Morgan fingerprint density at radius 1 is 1.08 bits per heavy atom. The molecule has 1 saturated heterocycles. The predicted molar refractivity (Wildman–Crippen MR) is 98.5 cm³/mol. The third-order valence-corrected chi connectivity index (χ3v) is 5.35. The SMILES string of the molecule is O=C(NCCCSc1ccc(F)cc1)C1CNNC1c1ccc(F)cc1. The summed E-state index contributed by atoms with van der Waals surface area (Å²) in [6, 6.07) is 12.4. The molecule has 1 amide bonds. The van der Waals surface area contributed by atoms with Crippen LogP contribution in [0.4, 0.5) is 8.78 Å². The van der Waals surface area contributed by atoms with Crippen LogP contribution in [0.1, 0.15) is 18.0 Å². The number of amides is 1. The first-order valence-electron chi connectivity index (χ1n) is 8.53. The van der Waals surface area contributed by atoms with Crippen LogP contribution in [0.2, 0.25) is 0 Å². The Morgan fingerprint density at radius 3 is 2.42 bits per heavy atom. The molecule has 1 fully saturated rings. The number of carbonyl (C=O) groups excluding carboxylic acids is 1. The molecule has 1 aliphatic heterocycles. The van der Waals surface area contributed by atoms with Gasteiger partial charge in [0, 0.05) is 18.0 Å². The molecule has 2 aromatic rings. The minimum Gasteiger partial charge on any atom is -0.356 e. The lowest BCUT2D eigenvalue weighted by atomic mass is 9.94. The average molecular weight is 377 g/mol. The summed E-state index contributed by atoms with van der Waals surface area (Å²) in [5, 5.41) is 2.96. The van der Waals surface area contributed by atoms with Crippen molar-refractivity contribution >= 4 is 17.7 Å². The summed E-state index contributed by atoms with van der Waals surface area (Å²) in [4.78, 5) is 13.5. The number of rotatable bonds is 7. The van der Waals surface area contributed by atoms with Crippen LogP contribution in [-0.2, 0) is 4.79 Å². The normalized spacial score (nSPS) is 19.5. The molecule has 0 aromatic heterocycles. The maximum atomic E-state index is 13.1. The first-order chi connectivity index (χ1) is 12.6. The first-order valence-corrected chi connectivity index (χ1v) is 9.52. The van der Waals surface area contributed by atoms with Gasteiger partial charge in [-0.05, 0) is 54.1 Å². The molecule has 7 heteroatoms. The van der Waals surface area contributed by atoms with E-state index >= 15 is 0 Å². The fourth-order valence-corrected chi connectivity index (χ4v) is 3.72. The van der Waals surface area contributed by atoms with Crippen molar-refractivity contribution in [2.24, 2.45) is 5.92 Å². The van der Waals surface area contributed by atoms with E-state index in [0.717, 1.165) is 22.6 Å². The molecule has 1 aliphatic rings. The molecular weight excluding hydrogens is 356 g/mol. The predicted octanol–water partition coefficient (Wildman–Crippen LogP) is 3.03. The van der Waals surface area contributed by atoms with Crippen molar-refractivity contribution in [3.8, 4) is 0 Å². The second-order valence-electron chi connectivity index (χ2n) is 6.11. The first kappa shape index (κ1) is 18.8. The third kappa shape index (κ3) is 5.03. The van der Waals surface area contributed by atoms with Crippen LogP contribution in [0, 0.1) is 17.6 Å². The van der Waals surface area contributed by atoms with E-state index in [-0.39, 0.29) is 29.5 Å². The standard InChI is InChI=1S/C19H21F2N3OS/c20-14-4-2-13(3-5-14)18-17(12-23-24-18)19(25)22-10-1-11-26-16-8-6-15(21)7-9-16/h2-9,17-18,23-24H,1,10-12H2,(H,22,25). The molecule has 0 bridgehead atoms. The van der Waals surface area contributed by atoms with Gasteiger partial charge in [0.25, 0.3) is 0 Å². The largest absolute Gasteiger partial charge is 0.356 e. The summed E-state index contributed by atoms with van der Waals surface area (Å²) in [5.74, 6) is 0.0401. The zero-order valence-electron chi connectivity index (χ0n) is 14.2. The van der Waals surface area contributed by atoms with Crippen molar-refractivity contribution in [1.29, 1.82) is 0 Å². The molecule has 3 rings (SSSR count). The maximum Gasteiger partial charge on any atom is 0.226 e. The minimum atomic E-state index is -0.292. The summed E-state index contributed by atoms with van der Waals surface area (Å²) in [6.45, 7) is 1.11. The van der Waals surface area contributed by atoms with Gasteiger partial charge < -0.3 is 5.32 Å². The summed E-state index contributed by atoms with van der Waals surface area (Å²) in [7, 11) is 0. The Balaban J connectivity index is 1.42. The highest BCUT2D eigenvalue weighted by Gasteiger charge is 2.33. The molecule has 138 valence electrons. The van der Waals surface area contributed by atoms with Crippen LogP contribution in [0.15, 0.2) is 53.4 Å². The van der Waals surface area contributed by atoms with Crippen LogP contribution in [0.3, 0.4) is 0 Å². The molecule has 3 N–H and O–H groups in total. The van der Waals surface area contributed by atoms with E-state index in [0.29, 0.717) is 13.1 Å². The van der Waals surface area contributed by atoms with Gasteiger partial charge in [-0.25, -0.2) is 14.2 Å². The molecule has 1 heterocycles. The Labute approximate surface area is 155 Å². The number of hydrazine groups is 1. The van der Waals surface area contributed by atoms with Gasteiger partial charge >= 0.3 is 0 Å². The number of thioether (sulfide) groups is 1. The molecule has 0 aliphatic carbocycles. The van der Waals surface area contributed by atoms with Gasteiger partial charge in [0.15, 0.2) is 0 Å². The van der Waals surface area contributed by atoms with Crippen molar-refractivity contribution in [3.05, 3.63) is 65.7 Å². The molecule has 0 radical (unpaired) electrons. The number of carbonyl (C=O) groups is 1. The van der Waals surface area contributed by atoms with Gasteiger partial charge in [-0.2, -0.15) is 0 Å². The highest BCUT2D eigenvalue weighted by atomic mass is 32.2. The third-order valence-electron chi connectivity index (χ3n) is 4.25. The molecule has 2 atom stereocenters.